The van der Waals surface area contributed by atoms with Crippen LogP contribution in [0.3, 0.4) is 0 Å². The van der Waals surface area contributed by atoms with E-state index in [9.17, 15) is 5.11 Å². The number of rotatable bonds is 8. The molecule has 0 amide bonds. The third-order valence-corrected chi connectivity index (χ3v) is 4.04. The number of hydrogen-bond acceptors (Lipinski definition) is 4. The average molecular weight is 293 g/mol. The summed E-state index contributed by atoms with van der Waals surface area (Å²) in [5.41, 5.74) is 1.85. The predicted molar refractivity (Wildman–Crippen MR) is 82.0 cm³/mol. The fourth-order valence-electron chi connectivity index (χ4n) is 2.72. The number of aliphatic hydroxyl groups excluding tert-OH is 1. The van der Waals surface area contributed by atoms with Crippen molar-refractivity contribution in [2.45, 2.75) is 64.3 Å². The molecule has 2 rings (SSSR count). The van der Waals surface area contributed by atoms with Crippen molar-refractivity contribution in [3.63, 3.8) is 0 Å². The summed E-state index contributed by atoms with van der Waals surface area (Å²) < 4.78 is 11.6. The minimum Gasteiger partial charge on any atom is -0.393 e. The minimum absolute atomic E-state index is 0.227. The lowest BCUT2D eigenvalue weighted by atomic mass is 10.0. The van der Waals surface area contributed by atoms with Gasteiger partial charge >= 0.3 is 0 Å². The minimum atomic E-state index is -0.670. The summed E-state index contributed by atoms with van der Waals surface area (Å²) in [5.74, 6) is -0.670. The molecule has 0 aliphatic carbocycles. The van der Waals surface area contributed by atoms with Gasteiger partial charge in [0.2, 0.25) is 5.79 Å². The van der Waals surface area contributed by atoms with E-state index in [1.807, 2.05) is 25.1 Å². The van der Waals surface area contributed by atoms with Gasteiger partial charge in [-0.2, -0.15) is 0 Å². The van der Waals surface area contributed by atoms with Crippen molar-refractivity contribution in [2.24, 2.45) is 0 Å². The molecule has 1 fully saturated rings. The Labute approximate surface area is 127 Å². The first-order chi connectivity index (χ1) is 10.2. The molecule has 1 aromatic rings. The first-order valence-electron chi connectivity index (χ1n) is 8.12. The summed E-state index contributed by atoms with van der Waals surface area (Å²) in [5, 5.41) is 9.94. The van der Waals surface area contributed by atoms with E-state index in [1.54, 1.807) is 0 Å². The van der Waals surface area contributed by atoms with E-state index in [0.29, 0.717) is 13.2 Å². The highest BCUT2D eigenvalue weighted by molar-refractivity contribution is 5.16. The predicted octanol–water partition coefficient (Wildman–Crippen LogP) is 3.17. The van der Waals surface area contributed by atoms with E-state index in [0.717, 1.165) is 49.9 Å². The first kappa shape index (κ1) is 16.4. The molecule has 1 saturated heterocycles. The highest BCUT2D eigenvalue weighted by atomic mass is 16.7. The van der Waals surface area contributed by atoms with E-state index >= 15 is 0 Å². The van der Waals surface area contributed by atoms with Crippen molar-refractivity contribution < 1.29 is 14.6 Å². The van der Waals surface area contributed by atoms with Crippen LogP contribution >= 0.6 is 0 Å². The van der Waals surface area contributed by atoms with Crippen molar-refractivity contribution >= 4 is 0 Å². The lowest BCUT2D eigenvalue weighted by Crippen LogP contribution is -2.27. The monoisotopic (exact) mass is 293 g/mol. The molecule has 4 nitrogen and oxygen atoms in total. The highest BCUT2D eigenvalue weighted by Crippen LogP contribution is 2.33. The zero-order valence-corrected chi connectivity index (χ0v) is 13.2. The summed E-state index contributed by atoms with van der Waals surface area (Å²) in [6.07, 6.45) is 5.16. The zero-order valence-electron chi connectivity index (χ0n) is 13.2. The topological polar surface area (TPSA) is 51.6 Å². The first-order valence-corrected chi connectivity index (χ1v) is 8.12. The molecule has 1 atom stereocenters. The summed E-state index contributed by atoms with van der Waals surface area (Å²) in [6, 6.07) is 5.97. The van der Waals surface area contributed by atoms with Crippen molar-refractivity contribution in [1.82, 2.24) is 4.98 Å². The molecule has 1 aromatic heterocycles. The van der Waals surface area contributed by atoms with Crippen molar-refractivity contribution in [3.8, 4) is 0 Å². The average Bonchev–Trinajstić information content (AvgIpc) is 3.01. The number of pyridine rings is 1. The SMILES string of the molecule is CCCCC(O)CCc1cccc(C2(CC)OCCO2)n1. The molecule has 0 aromatic carbocycles. The molecule has 0 saturated carbocycles. The van der Waals surface area contributed by atoms with Crippen molar-refractivity contribution in [1.29, 1.82) is 0 Å². The Kier molecular flexibility index (Phi) is 6.15. The zero-order chi connectivity index (χ0) is 15.1. The van der Waals surface area contributed by atoms with Crippen LogP contribution in [-0.2, 0) is 21.7 Å². The van der Waals surface area contributed by atoms with Gasteiger partial charge in [0.15, 0.2) is 0 Å². The van der Waals surface area contributed by atoms with Crippen molar-refractivity contribution in [3.05, 3.63) is 29.6 Å². The van der Waals surface area contributed by atoms with Gasteiger partial charge < -0.3 is 14.6 Å². The van der Waals surface area contributed by atoms with Crippen LogP contribution in [0.5, 0.6) is 0 Å². The van der Waals surface area contributed by atoms with Gasteiger partial charge in [-0.05, 0) is 31.4 Å². The van der Waals surface area contributed by atoms with Crippen molar-refractivity contribution in [2.75, 3.05) is 13.2 Å². The lowest BCUT2D eigenvalue weighted by molar-refractivity contribution is -0.170. The quantitative estimate of drug-likeness (QED) is 0.800. The maximum atomic E-state index is 9.94. The molecule has 2 heterocycles. The fourth-order valence-corrected chi connectivity index (χ4v) is 2.72. The van der Waals surface area contributed by atoms with Gasteiger partial charge in [-0.3, -0.25) is 4.98 Å². The van der Waals surface area contributed by atoms with E-state index in [1.165, 1.54) is 0 Å². The molecule has 4 heteroatoms. The van der Waals surface area contributed by atoms with Gasteiger partial charge in [0.1, 0.15) is 0 Å². The second-order valence-corrected chi connectivity index (χ2v) is 5.65. The smallest absolute Gasteiger partial charge is 0.212 e. The lowest BCUT2D eigenvalue weighted by Gasteiger charge is -2.25. The summed E-state index contributed by atoms with van der Waals surface area (Å²) in [4.78, 5) is 4.69. The molecule has 1 aliphatic heterocycles. The van der Waals surface area contributed by atoms with Gasteiger partial charge in [0.05, 0.1) is 25.0 Å². The molecule has 21 heavy (non-hydrogen) atoms. The van der Waals surface area contributed by atoms with Gasteiger partial charge in [-0.15, -0.1) is 0 Å². The molecule has 0 bridgehead atoms. The van der Waals surface area contributed by atoms with Gasteiger partial charge in [-0.1, -0.05) is 32.8 Å². The maximum Gasteiger partial charge on any atom is 0.212 e. The molecule has 1 N–H and O–H groups in total. The van der Waals surface area contributed by atoms with Gasteiger partial charge in [0.25, 0.3) is 0 Å². The molecule has 1 unspecified atom stereocenters. The Bertz CT molecular complexity index is 430. The van der Waals surface area contributed by atoms with E-state index < -0.39 is 5.79 Å². The Hall–Kier alpha value is -0.970. The Morgan fingerprint density at radius 1 is 1.24 bits per heavy atom. The third-order valence-electron chi connectivity index (χ3n) is 4.04. The van der Waals surface area contributed by atoms with Crippen LogP contribution in [0.25, 0.3) is 0 Å². The maximum absolute atomic E-state index is 9.94. The Balaban J connectivity index is 1.97. The summed E-state index contributed by atoms with van der Waals surface area (Å²) >= 11 is 0. The number of aliphatic hydroxyl groups is 1. The van der Waals surface area contributed by atoms with Crippen LogP contribution in [0.4, 0.5) is 0 Å². The number of ether oxygens (including phenoxy) is 2. The van der Waals surface area contributed by atoms with Crippen LogP contribution in [-0.4, -0.2) is 29.4 Å². The Morgan fingerprint density at radius 3 is 2.67 bits per heavy atom. The van der Waals surface area contributed by atoms with Gasteiger partial charge in [-0.25, -0.2) is 0 Å². The number of unbranched alkanes of at least 4 members (excludes halogenated alkanes) is 1. The molecule has 0 spiro atoms. The normalized spacial score (nSPS) is 18.8. The largest absolute Gasteiger partial charge is 0.393 e. The van der Waals surface area contributed by atoms with E-state index in [-0.39, 0.29) is 6.10 Å². The van der Waals surface area contributed by atoms with E-state index in [2.05, 4.69) is 11.9 Å². The number of hydrogen-bond donors (Lipinski definition) is 1. The number of aromatic nitrogens is 1. The van der Waals surface area contributed by atoms with Crippen LogP contribution in [0.2, 0.25) is 0 Å². The summed E-state index contributed by atoms with van der Waals surface area (Å²) in [6.45, 7) is 5.43. The molecular formula is C17H27NO3. The molecule has 118 valence electrons. The highest BCUT2D eigenvalue weighted by Gasteiger charge is 2.38. The fraction of sp³-hybridized carbons (Fsp3) is 0.706. The Morgan fingerprint density at radius 2 is 2.00 bits per heavy atom. The number of nitrogens with zero attached hydrogens (tertiary/aromatic N) is 1. The van der Waals surface area contributed by atoms with Crippen LogP contribution in [0, 0.1) is 0 Å². The molecule has 0 radical (unpaired) electrons. The molecular weight excluding hydrogens is 266 g/mol. The van der Waals surface area contributed by atoms with Gasteiger partial charge in [0, 0.05) is 12.1 Å². The second kappa shape index (κ2) is 7.87. The third kappa shape index (κ3) is 4.25. The molecule has 1 aliphatic rings. The van der Waals surface area contributed by atoms with Crippen LogP contribution in [0.15, 0.2) is 18.2 Å². The van der Waals surface area contributed by atoms with Crippen LogP contribution < -0.4 is 0 Å². The second-order valence-electron chi connectivity index (χ2n) is 5.65. The standard InChI is InChI=1S/C17H27NO3/c1-3-5-8-15(19)11-10-14-7-6-9-16(18-14)17(4-2)20-12-13-21-17/h6-7,9,15,19H,3-5,8,10-13H2,1-2H3. The summed E-state index contributed by atoms with van der Waals surface area (Å²) in [7, 11) is 0. The number of aryl methyl sites for hydroxylation is 1. The van der Waals surface area contributed by atoms with Crippen LogP contribution in [0.1, 0.15) is 57.3 Å². The van der Waals surface area contributed by atoms with E-state index in [4.69, 9.17) is 9.47 Å².